The number of nitrogens with zero attached hydrogens (tertiary/aromatic N) is 1. The first-order valence-corrected chi connectivity index (χ1v) is 5.66. The number of esters is 1. The lowest BCUT2D eigenvalue weighted by atomic mass is 9.99. The van der Waals surface area contributed by atoms with E-state index in [4.69, 9.17) is 5.73 Å². The number of aliphatic hydroxyl groups is 2. The van der Waals surface area contributed by atoms with Crippen LogP contribution in [0.2, 0.25) is 0 Å². The molecule has 0 saturated carbocycles. The second-order valence-corrected chi connectivity index (χ2v) is 4.18. The number of ether oxygens (including phenoxy) is 1. The number of hydrogen-bond donors (Lipinski definition) is 4. The van der Waals surface area contributed by atoms with Gasteiger partial charge in [-0.1, -0.05) is 0 Å². The minimum Gasteiger partial charge on any atom is -0.465 e. The van der Waals surface area contributed by atoms with Crippen LogP contribution in [-0.4, -0.2) is 45.5 Å². The Hall–Kier alpha value is -2.45. The fourth-order valence-electron chi connectivity index (χ4n) is 1.86. The number of H-pyrrole nitrogens is 1. The fraction of sp³-hybridized carbons (Fsp3) is 0.250. The molecule has 8 heteroatoms. The molecular formula is C12H13N3O5. The number of aliphatic hydroxyl groups excluding tert-OH is 2. The van der Waals surface area contributed by atoms with Gasteiger partial charge in [-0.3, -0.25) is 9.89 Å². The van der Waals surface area contributed by atoms with E-state index in [0.717, 1.165) is 0 Å². The average Bonchev–Trinajstić information content (AvgIpc) is 2.91. The SMILES string of the molecule is COC(=O)c1cc(C(O)C(O)C(N)=O)cc2[nH]ncc12. The number of fused-ring (bicyclic) bond motifs is 1. The van der Waals surface area contributed by atoms with Gasteiger partial charge in [-0.25, -0.2) is 4.79 Å². The topological polar surface area (TPSA) is 139 Å². The number of benzene rings is 1. The third kappa shape index (κ3) is 2.33. The summed E-state index contributed by atoms with van der Waals surface area (Å²) in [5.41, 5.74) is 5.69. The highest BCUT2D eigenvalue weighted by molar-refractivity contribution is 6.03. The van der Waals surface area contributed by atoms with Crippen LogP contribution in [0.5, 0.6) is 0 Å². The first-order valence-electron chi connectivity index (χ1n) is 5.66. The van der Waals surface area contributed by atoms with Crippen LogP contribution < -0.4 is 5.73 Å². The number of hydrogen-bond acceptors (Lipinski definition) is 6. The zero-order valence-corrected chi connectivity index (χ0v) is 10.5. The number of nitrogens with one attached hydrogen (secondary N) is 1. The van der Waals surface area contributed by atoms with Crippen molar-refractivity contribution in [3.8, 4) is 0 Å². The standard InChI is InChI=1S/C12H13N3O5/c1-20-12(19)6-2-5(9(16)10(17)11(13)18)3-8-7(6)4-14-15-8/h2-4,9-10,16-17H,1H3,(H2,13,18)(H,14,15). The van der Waals surface area contributed by atoms with E-state index < -0.39 is 24.1 Å². The van der Waals surface area contributed by atoms with E-state index in [1.807, 2.05) is 0 Å². The number of carbonyl (C=O) groups excluding carboxylic acids is 2. The van der Waals surface area contributed by atoms with Crippen molar-refractivity contribution in [2.24, 2.45) is 5.73 Å². The molecule has 8 nitrogen and oxygen atoms in total. The molecule has 1 aromatic carbocycles. The van der Waals surface area contributed by atoms with Gasteiger partial charge in [0, 0.05) is 5.39 Å². The zero-order chi connectivity index (χ0) is 14.9. The summed E-state index contributed by atoms with van der Waals surface area (Å²) in [7, 11) is 1.22. The summed E-state index contributed by atoms with van der Waals surface area (Å²) < 4.78 is 4.64. The number of aromatic nitrogens is 2. The molecule has 2 atom stereocenters. The molecule has 0 aliphatic heterocycles. The lowest BCUT2D eigenvalue weighted by Gasteiger charge is -2.16. The second-order valence-electron chi connectivity index (χ2n) is 4.18. The fourth-order valence-corrected chi connectivity index (χ4v) is 1.86. The highest BCUT2D eigenvalue weighted by Gasteiger charge is 2.25. The van der Waals surface area contributed by atoms with Crippen LogP contribution >= 0.6 is 0 Å². The first kappa shape index (κ1) is 14.0. The molecule has 106 valence electrons. The molecule has 0 aliphatic carbocycles. The summed E-state index contributed by atoms with van der Waals surface area (Å²) in [6.45, 7) is 0. The number of rotatable bonds is 4. The summed E-state index contributed by atoms with van der Waals surface area (Å²) in [5.74, 6) is -1.69. The molecule has 1 aromatic heterocycles. The van der Waals surface area contributed by atoms with Crippen molar-refractivity contribution in [3.63, 3.8) is 0 Å². The van der Waals surface area contributed by atoms with Gasteiger partial charge >= 0.3 is 5.97 Å². The molecule has 2 rings (SSSR count). The molecule has 0 radical (unpaired) electrons. The zero-order valence-electron chi connectivity index (χ0n) is 10.5. The number of aromatic amines is 1. The van der Waals surface area contributed by atoms with Crippen LogP contribution in [0, 0.1) is 0 Å². The van der Waals surface area contributed by atoms with Gasteiger partial charge in [-0.05, 0) is 17.7 Å². The highest BCUT2D eigenvalue weighted by atomic mass is 16.5. The lowest BCUT2D eigenvalue weighted by molar-refractivity contribution is -0.131. The quantitative estimate of drug-likeness (QED) is 0.542. The highest BCUT2D eigenvalue weighted by Crippen LogP contribution is 2.25. The van der Waals surface area contributed by atoms with Crippen LogP contribution in [-0.2, 0) is 9.53 Å². The first-order chi connectivity index (χ1) is 9.45. The second kappa shape index (κ2) is 5.27. The van der Waals surface area contributed by atoms with Crippen molar-refractivity contribution in [2.45, 2.75) is 12.2 Å². The van der Waals surface area contributed by atoms with Gasteiger partial charge in [0.05, 0.1) is 24.4 Å². The van der Waals surface area contributed by atoms with Gasteiger partial charge in [-0.2, -0.15) is 5.10 Å². The molecule has 5 N–H and O–H groups in total. The van der Waals surface area contributed by atoms with Gasteiger partial charge in [0.15, 0.2) is 6.10 Å². The van der Waals surface area contributed by atoms with Crippen molar-refractivity contribution in [1.29, 1.82) is 0 Å². The lowest BCUT2D eigenvalue weighted by Crippen LogP contribution is -2.33. The maximum atomic E-state index is 11.7. The smallest absolute Gasteiger partial charge is 0.338 e. The maximum absolute atomic E-state index is 11.7. The van der Waals surface area contributed by atoms with Crippen LogP contribution in [0.4, 0.5) is 0 Å². The largest absolute Gasteiger partial charge is 0.465 e. The third-order valence-corrected chi connectivity index (χ3v) is 2.92. The minimum atomic E-state index is -1.78. The van der Waals surface area contributed by atoms with E-state index in [1.165, 1.54) is 25.4 Å². The Morgan fingerprint density at radius 3 is 2.70 bits per heavy atom. The molecule has 0 saturated heterocycles. The monoisotopic (exact) mass is 279 g/mol. The molecule has 0 bridgehead atoms. The predicted molar refractivity (Wildman–Crippen MR) is 67.6 cm³/mol. The maximum Gasteiger partial charge on any atom is 0.338 e. The van der Waals surface area contributed by atoms with Crippen LogP contribution in [0.3, 0.4) is 0 Å². The summed E-state index contributed by atoms with van der Waals surface area (Å²) in [5, 5.41) is 26.3. The molecular weight excluding hydrogens is 266 g/mol. The minimum absolute atomic E-state index is 0.147. The third-order valence-electron chi connectivity index (χ3n) is 2.92. The van der Waals surface area contributed by atoms with Crippen molar-refractivity contribution in [1.82, 2.24) is 10.2 Å². The number of carbonyl (C=O) groups is 2. The number of methoxy groups -OCH3 is 1. The summed E-state index contributed by atoms with van der Waals surface area (Å²) in [6, 6.07) is 2.78. The molecule has 2 aromatic rings. The summed E-state index contributed by atoms with van der Waals surface area (Å²) >= 11 is 0. The number of primary amides is 1. The Bertz CT molecular complexity index is 666. The number of amides is 1. The summed E-state index contributed by atoms with van der Waals surface area (Å²) in [6.07, 6.45) is -1.90. The van der Waals surface area contributed by atoms with E-state index in [1.54, 1.807) is 0 Å². The predicted octanol–water partition coefficient (Wildman–Crippen LogP) is -0.771. The Balaban J connectivity index is 2.55. The van der Waals surface area contributed by atoms with Gasteiger partial charge in [0.1, 0.15) is 6.10 Å². The van der Waals surface area contributed by atoms with Crippen LogP contribution in [0.1, 0.15) is 22.0 Å². The van der Waals surface area contributed by atoms with Gasteiger partial charge in [-0.15, -0.1) is 0 Å². The summed E-state index contributed by atoms with van der Waals surface area (Å²) in [4.78, 5) is 22.6. The molecule has 2 unspecified atom stereocenters. The Kier molecular flexibility index (Phi) is 3.68. The molecule has 20 heavy (non-hydrogen) atoms. The van der Waals surface area contributed by atoms with Gasteiger partial charge in [0.2, 0.25) is 5.91 Å². The van der Waals surface area contributed by atoms with Crippen molar-refractivity contribution < 1.29 is 24.5 Å². The molecule has 0 fully saturated rings. The van der Waals surface area contributed by atoms with Crippen LogP contribution in [0.25, 0.3) is 10.9 Å². The van der Waals surface area contributed by atoms with Crippen molar-refractivity contribution in [3.05, 3.63) is 29.5 Å². The molecule has 1 heterocycles. The van der Waals surface area contributed by atoms with E-state index >= 15 is 0 Å². The Morgan fingerprint density at radius 2 is 2.10 bits per heavy atom. The van der Waals surface area contributed by atoms with E-state index in [9.17, 15) is 19.8 Å². The Morgan fingerprint density at radius 1 is 1.40 bits per heavy atom. The molecule has 0 aliphatic rings. The van der Waals surface area contributed by atoms with Gasteiger partial charge < -0.3 is 20.7 Å². The van der Waals surface area contributed by atoms with E-state index in [2.05, 4.69) is 14.9 Å². The van der Waals surface area contributed by atoms with Crippen LogP contribution in [0.15, 0.2) is 18.3 Å². The van der Waals surface area contributed by atoms with E-state index in [0.29, 0.717) is 10.9 Å². The molecule has 1 amide bonds. The Labute approximate surface area is 113 Å². The van der Waals surface area contributed by atoms with Gasteiger partial charge in [0.25, 0.3) is 0 Å². The van der Waals surface area contributed by atoms with Crippen molar-refractivity contribution in [2.75, 3.05) is 7.11 Å². The van der Waals surface area contributed by atoms with E-state index in [-0.39, 0.29) is 11.1 Å². The average molecular weight is 279 g/mol. The number of nitrogens with two attached hydrogens (primary N) is 1. The molecule has 0 spiro atoms. The normalized spacial score (nSPS) is 13.9. The van der Waals surface area contributed by atoms with Crippen molar-refractivity contribution >= 4 is 22.8 Å².